The van der Waals surface area contributed by atoms with Gasteiger partial charge in [0, 0.05) is 39.3 Å². The van der Waals surface area contributed by atoms with Crippen LogP contribution in [-0.2, 0) is 10.0 Å². The molecule has 0 atom stereocenters. The van der Waals surface area contributed by atoms with Crippen molar-refractivity contribution >= 4 is 10.0 Å². The van der Waals surface area contributed by atoms with Gasteiger partial charge < -0.3 is 10.1 Å². The fourth-order valence-electron chi connectivity index (χ4n) is 2.86. The number of nitrogens with one attached hydrogen (secondary N) is 2. The van der Waals surface area contributed by atoms with Gasteiger partial charge in [-0.1, -0.05) is 12.1 Å². The van der Waals surface area contributed by atoms with E-state index in [4.69, 9.17) is 4.74 Å². The Morgan fingerprint density at radius 3 is 2.50 bits per heavy atom. The van der Waals surface area contributed by atoms with Crippen LogP contribution in [0.3, 0.4) is 0 Å². The molecule has 1 saturated heterocycles. The molecule has 1 aliphatic heterocycles. The number of ether oxygens (including phenoxy) is 1. The summed E-state index contributed by atoms with van der Waals surface area (Å²) in [4.78, 5) is 2.49. The van der Waals surface area contributed by atoms with E-state index < -0.39 is 10.0 Å². The smallest absolute Gasteiger partial charge is 0.240 e. The van der Waals surface area contributed by atoms with Crippen LogP contribution in [-0.4, -0.2) is 52.6 Å². The lowest BCUT2D eigenvalue weighted by Crippen LogP contribution is -2.46. The largest absolute Gasteiger partial charge is 0.457 e. The summed E-state index contributed by atoms with van der Waals surface area (Å²) in [5, 5.41) is 3.28. The maximum atomic E-state index is 12.4. The van der Waals surface area contributed by atoms with Gasteiger partial charge in [0.05, 0.1) is 4.90 Å². The van der Waals surface area contributed by atoms with E-state index in [1.807, 2.05) is 31.2 Å². The number of rotatable bonds is 7. The zero-order valence-electron chi connectivity index (χ0n) is 14.9. The van der Waals surface area contributed by atoms with Crippen molar-refractivity contribution in [2.75, 3.05) is 39.3 Å². The minimum atomic E-state index is -3.51. The molecule has 1 heterocycles. The molecule has 2 aromatic carbocycles. The second kappa shape index (κ2) is 8.64. The molecule has 0 spiro atoms. The summed E-state index contributed by atoms with van der Waals surface area (Å²) in [6.07, 6.45) is 0. The van der Waals surface area contributed by atoms with Gasteiger partial charge in [-0.15, -0.1) is 0 Å². The first-order valence-electron chi connectivity index (χ1n) is 8.80. The molecule has 2 N–H and O–H groups in total. The van der Waals surface area contributed by atoms with E-state index in [2.05, 4.69) is 14.9 Å². The predicted octanol–water partition coefficient (Wildman–Crippen LogP) is 1.97. The van der Waals surface area contributed by atoms with Gasteiger partial charge in [-0.3, -0.25) is 4.90 Å². The minimum absolute atomic E-state index is 0.245. The number of nitrogens with zero attached hydrogens (tertiary/aromatic N) is 1. The molecule has 7 heteroatoms. The van der Waals surface area contributed by atoms with Crippen LogP contribution in [0.25, 0.3) is 0 Å². The summed E-state index contributed by atoms with van der Waals surface area (Å²) in [5.41, 5.74) is 1.11. The lowest BCUT2D eigenvalue weighted by atomic mass is 10.2. The summed E-state index contributed by atoms with van der Waals surface area (Å²) >= 11 is 0. The van der Waals surface area contributed by atoms with Crippen molar-refractivity contribution in [2.24, 2.45) is 0 Å². The van der Waals surface area contributed by atoms with E-state index in [0.717, 1.165) is 44.0 Å². The lowest BCUT2D eigenvalue weighted by Gasteiger charge is -2.27. The first kappa shape index (κ1) is 18.8. The van der Waals surface area contributed by atoms with Crippen LogP contribution >= 0.6 is 0 Å². The fraction of sp³-hybridized carbons (Fsp3) is 0.368. The summed E-state index contributed by atoms with van der Waals surface area (Å²) in [6.45, 7) is 6.93. The van der Waals surface area contributed by atoms with E-state index in [1.54, 1.807) is 24.3 Å². The third-order valence-corrected chi connectivity index (χ3v) is 5.77. The monoisotopic (exact) mass is 375 g/mol. The van der Waals surface area contributed by atoms with Gasteiger partial charge in [0.2, 0.25) is 10.0 Å². The molecule has 0 unspecified atom stereocenters. The third kappa shape index (κ3) is 5.28. The van der Waals surface area contributed by atoms with Gasteiger partial charge in [-0.2, -0.15) is 0 Å². The second-order valence-electron chi connectivity index (χ2n) is 6.38. The van der Waals surface area contributed by atoms with E-state index >= 15 is 0 Å². The zero-order valence-corrected chi connectivity index (χ0v) is 15.8. The maximum Gasteiger partial charge on any atom is 0.240 e. The number of aryl methyl sites for hydroxylation is 1. The van der Waals surface area contributed by atoms with Crippen molar-refractivity contribution < 1.29 is 13.2 Å². The van der Waals surface area contributed by atoms with Crippen LogP contribution in [0.5, 0.6) is 11.5 Å². The average Bonchev–Trinajstić information content (AvgIpc) is 2.63. The van der Waals surface area contributed by atoms with E-state index in [0.29, 0.717) is 12.3 Å². The molecule has 0 amide bonds. The van der Waals surface area contributed by atoms with E-state index in [1.165, 1.54) is 0 Å². The number of sulfonamides is 1. The van der Waals surface area contributed by atoms with Crippen LogP contribution < -0.4 is 14.8 Å². The Kier molecular flexibility index (Phi) is 6.26. The Labute approximate surface area is 155 Å². The quantitative estimate of drug-likeness (QED) is 0.774. The van der Waals surface area contributed by atoms with Crippen molar-refractivity contribution in [3.05, 3.63) is 54.1 Å². The Bertz CT molecular complexity index is 816. The molecule has 6 nitrogen and oxygen atoms in total. The molecule has 26 heavy (non-hydrogen) atoms. The molecule has 0 saturated carbocycles. The molecule has 0 bridgehead atoms. The van der Waals surface area contributed by atoms with E-state index in [-0.39, 0.29) is 4.90 Å². The maximum absolute atomic E-state index is 12.4. The van der Waals surface area contributed by atoms with Crippen molar-refractivity contribution in [2.45, 2.75) is 11.8 Å². The minimum Gasteiger partial charge on any atom is -0.457 e. The fourth-order valence-corrected chi connectivity index (χ4v) is 3.88. The highest BCUT2D eigenvalue weighted by atomic mass is 32.2. The van der Waals surface area contributed by atoms with Gasteiger partial charge in [0.25, 0.3) is 0 Å². The normalized spacial score (nSPS) is 15.7. The molecule has 0 aliphatic carbocycles. The average molecular weight is 375 g/mol. The zero-order chi connectivity index (χ0) is 18.4. The Morgan fingerprint density at radius 1 is 1.08 bits per heavy atom. The van der Waals surface area contributed by atoms with Gasteiger partial charge in [-0.05, 0) is 48.9 Å². The highest BCUT2D eigenvalue weighted by Crippen LogP contribution is 2.23. The molecule has 3 rings (SSSR count). The molecule has 2 aromatic rings. The number of piperazine rings is 1. The molecule has 0 radical (unpaired) electrons. The standard InChI is InChI=1S/C19H25N3O3S/c1-16-3-2-4-18(15-16)25-17-5-7-19(8-6-17)26(23,24)21-11-14-22-12-9-20-10-13-22/h2-8,15,20-21H,9-14H2,1H3. The molecule has 0 aromatic heterocycles. The summed E-state index contributed by atoms with van der Waals surface area (Å²) in [6, 6.07) is 14.2. The van der Waals surface area contributed by atoms with Crippen LogP contribution in [0.2, 0.25) is 0 Å². The van der Waals surface area contributed by atoms with Crippen LogP contribution in [0.15, 0.2) is 53.4 Å². The van der Waals surface area contributed by atoms with Gasteiger partial charge in [0.15, 0.2) is 0 Å². The van der Waals surface area contributed by atoms with E-state index in [9.17, 15) is 8.42 Å². The highest BCUT2D eigenvalue weighted by molar-refractivity contribution is 7.89. The van der Waals surface area contributed by atoms with Gasteiger partial charge in [0.1, 0.15) is 11.5 Å². The summed E-state index contributed by atoms with van der Waals surface area (Å²) in [7, 11) is -3.51. The van der Waals surface area contributed by atoms with Crippen LogP contribution in [0.4, 0.5) is 0 Å². The SMILES string of the molecule is Cc1cccc(Oc2ccc(S(=O)(=O)NCCN3CCNCC3)cc2)c1. The van der Waals surface area contributed by atoms with Gasteiger partial charge in [-0.25, -0.2) is 13.1 Å². The third-order valence-electron chi connectivity index (χ3n) is 4.29. The Morgan fingerprint density at radius 2 is 1.81 bits per heavy atom. The van der Waals surface area contributed by atoms with Crippen molar-refractivity contribution in [1.29, 1.82) is 0 Å². The number of benzene rings is 2. The van der Waals surface area contributed by atoms with Crippen LogP contribution in [0, 0.1) is 6.92 Å². The Balaban J connectivity index is 1.56. The highest BCUT2D eigenvalue weighted by Gasteiger charge is 2.15. The first-order chi connectivity index (χ1) is 12.5. The summed E-state index contributed by atoms with van der Waals surface area (Å²) in [5.74, 6) is 1.34. The Hall–Kier alpha value is -1.93. The van der Waals surface area contributed by atoms with Crippen molar-refractivity contribution in [3.63, 3.8) is 0 Å². The number of hydrogen-bond donors (Lipinski definition) is 2. The molecule has 140 valence electrons. The molecular formula is C19H25N3O3S. The van der Waals surface area contributed by atoms with Gasteiger partial charge >= 0.3 is 0 Å². The molecule has 1 aliphatic rings. The predicted molar refractivity (Wildman–Crippen MR) is 102 cm³/mol. The van der Waals surface area contributed by atoms with Crippen molar-refractivity contribution in [1.82, 2.24) is 14.9 Å². The summed E-state index contributed by atoms with van der Waals surface area (Å²) < 4.78 is 33.2. The lowest BCUT2D eigenvalue weighted by molar-refractivity contribution is 0.245. The molecule has 1 fully saturated rings. The second-order valence-corrected chi connectivity index (χ2v) is 8.15. The first-order valence-corrected chi connectivity index (χ1v) is 10.3. The van der Waals surface area contributed by atoms with Crippen molar-refractivity contribution in [3.8, 4) is 11.5 Å². The van der Waals surface area contributed by atoms with Crippen LogP contribution in [0.1, 0.15) is 5.56 Å². The molecular weight excluding hydrogens is 350 g/mol. The topological polar surface area (TPSA) is 70.7 Å². The number of hydrogen-bond acceptors (Lipinski definition) is 5.